The Balaban J connectivity index is -0.000000405. The van der Waals surface area contributed by atoms with Gasteiger partial charge < -0.3 is 31.9 Å². The van der Waals surface area contributed by atoms with Crippen molar-refractivity contribution in [2.24, 2.45) is 0 Å². The summed E-state index contributed by atoms with van der Waals surface area (Å²) >= 11 is 0. The molecule has 0 spiro atoms. The van der Waals surface area contributed by atoms with Gasteiger partial charge in [0, 0.05) is 13.0 Å². The predicted molar refractivity (Wildman–Crippen MR) is 39.5 cm³/mol. The number of esters is 1. The summed E-state index contributed by atoms with van der Waals surface area (Å²) in [5, 5.41) is 16.9. The van der Waals surface area contributed by atoms with Crippen molar-refractivity contribution < 1.29 is 36.7 Å². The number of carbonyl (C=O) groups excluding carboxylic acids is 1. The van der Waals surface area contributed by atoms with E-state index in [9.17, 15) is 4.79 Å². The summed E-state index contributed by atoms with van der Waals surface area (Å²) in [6.45, 7) is 2.12. The Morgan fingerprint density at radius 3 is 2.50 bits per heavy atom. The van der Waals surface area contributed by atoms with Gasteiger partial charge in [-0.05, 0) is 6.10 Å². The van der Waals surface area contributed by atoms with Gasteiger partial charge in [-0.1, -0.05) is 6.92 Å². The average Bonchev–Trinajstić information content (AvgIpc) is 1.99. The average molecular weight is 251 g/mol. The number of aliphatic hydroxyl groups is 2. The van der Waals surface area contributed by atoms with Crippen molar-refractivity contribution in [3.8, 4) is 0 Å². The van der Waals surface area contributed by atoms with Crippen LogP contribution in [0.1, 0.15) is 13.3 Å². The molecule has 0 aromatic heterocycles. The van der Waals surface area contributed by atoms with Crippen molar-refractivity contribution in [3.05, 3.63) is 6.61 Å². The van der Waals surface area contributed by atoms with Crippen LogP contribution in [0.4, 0.5) is 0 Å². The Labute approximate surface area is 98.2 Å². The molecule has 0 aromatic carbocycles. The van der Waals surface area contributed by atoms with Gasteiger partial charge in [0.1, 0.15) is 0 Å². The van der Waals surface area contributed by atoms with E-state index in [1.807, 2.05) is 0 Å². The van der Waals surface area contributed by atoms with Crippen LogP contribution in [-0.4, -0.2) is 51.9 Å². The molecule has 4 nitrogen and oxygen atoms in total. The fourth-order valence-corrected chi connectivity index (χ4v) is 0.281. The van der Waals surface area contributed by atoms with Crippen molar-refractivity contribution >= 4 is 29.0 Å². The molecule has 6 heteroatoms. The van der Waals surface area contributed by atoms with Gasteiger partial charge in [0.15, 0.2) is 0 Å². The second-order valence-corrected chi connectivity index (χ2v) is 1.73. The maximum atomic E-state index is 10.4. The quantitative estimate of drug-likeness (QED) is 0.304. The molecule has 0 fully saturated rings. The zero-order valence-electron chi connectivity index (χ0n) is 6.86. The van der Waals surface area contributed by atoms with Gasteiger partial charge in [-0.15, -0.1) is 6.61 Å². The van der Waals surface area contributed by atoms with Gasteiger partial charge in [-0.3, -0.25) is 4.79 Å². The van der Waals surface area contributed by atoms with Crippen molar-refractivity contribution in [2.45, 2.75) is 19.4 Å². The molecule has 1 unspecified atom stereocenters. The summed E-state index contributed by atoms with van der Waals surface area (Å²) in [7, 11) is 0. The van der Waals surface area contributed by atoms with Crippen LogP contribution in [0.25, 0.3) is 0 Å². The molecule has 0 aliphatic carbocycles. The minimum atomic E-state index is -1.07. The minimum absolute atomic E-state index is 0. The summed E-state index contributed by atoms with van der Waals surface area (Å²) in [5.41, 5.74) is 0. The van der Waals surface area contributed by atoms with Gasteiger partial charge in [-0.2, -0.15) is 0 Å². The molecule has 0 aliphatic rings. The number of hydrogen-bond donors (Lipinski definition) is 2. The number of carbonyl (C=O) groups is 1. The summed E-state index contributed by atoms with van der Waals surface area (Å²) in [6.07, 6.45) is -0.815. The van der Waals surface area contributed by atoms with Gasteiger partial charge in [0.05, 0.1) is 0 Å². The molecular weight excluding hydrogens is 240 g/mol. The van der Waals surface area contributed by atoms with Gasteiger partial charge in [0.25, 0.3) is 5.97 Å². The van der Waals surface area contributed by atoms with Gasteiger partial charge in [0.2, 0.25) is 0 Å². The molecule has 1 atom stereocenters. The first-order valence-corrected chi connectivity index (χ1v) is 3.02. The van der Waals surface area contributed by atoms with Crippen LogP contribution in [0.5, 0.6) is 0 Å². The zero-order valence-corrected chi connectivity index (χ0v) is 9.87. The smallest absolute Gasteiger partial charge is 1.00 e. The molecule has 68 valence electrons. The van der Waals surface area contributed by atoms with E-state index in [2.05, 4.69) is 4.74 Å². The molecule has 0 aromatic rings. The Morgan fingerprint density at radius 1 is 1.67 bits per heavy atom. The van der Waals surface area contributed by atoms with Crippen molar-refractivity contribution in [1.29, 1.82) is 0 Å². The second-order valence-electron chi connectivity index (χ2n) is 1.73. The molecule has 0 saturated carbocycles. The Bertz CT molecular complexity index is 112. The molecule has 0 radical (unpaired) electrons. The normalized spacial score (nSPS) is 10.6. The van der Waals surface area contributed by atoms with Gasteiger partial charge >= 0.3 is 23.1 Å². The Kier molecular flexibility index (Phi) is 17.9. The first-order valence-electron chi connectivity index (χ1n) is 3.02. The molecule has 0 heterocycles. The third kappa shape index (κ3) is 10.6. The molecule has 12 heavy (non-hydrogen) atoms. The van der Waals surface area contributed by atoms with Crippen LogP contribution in [0.2, 0.25) is 0 Å². The molecule has 2 N–H and O–H groups in total. The SMILES string of the molecule is CCC(=O)O[CH-]C(O)CO.[Br-].[Mg+2]. The summed E-state index contributed by atoms with van der Waals surface area (Å²) in [6, 6.07) is 0. The van der Waals surface area contributed by atoms with E-state index < -0.39 is 18.7 Å². The standard InChI is InChI=1S/C6H11O4.BrH.Mg/c1-2-6(9)10-4-5(8)3-7;;/h4-5,7-8H,2-3H2,1H3;1H;/q-1;;+2/p-1. The summed E-state index contributed by atoms with van der Waals surface area (Å²) in [5.74, 6) is -0.424. The zero-order chi connectivity index (χ0) is 7.98. The third-order valence-corrected chi connectivity index (χ3v) is 0.832. The first-order chi connectivity index (χ1) is 4.70. The Hall–Kier alpha value is 0.636. The fourth-order valence-electron chi connectivity index (χ4n) is 0.281. The molecule has 0 rings (SSSR count). The number of aliphatic hydroxyl groups excluding tert-OH is 2. The topological polar surface area (TPSA) is 66.8 Å². The Morgan fingerprint density at radius 2 is 2.17 bits per heavy atom. The van der Waals surface area contributed by atoms with E-state index in [1.165, 1.54) is 0 Å². The van der Waals surface area contributed by atoms with E-state index in [-0.39, 0.29) is 46.5 Å². The third-order valence-electron chi connectivity index (χ3n) is 0.832. The maximum Gasteiger partial charge on any atom is 2.00 e. The predicted octanol–water partition coefficient (Wildman–Crippen LogP) is -3.92. The summed E-state index contributed by atoms with van der Waals surface area (Å²) < 4.78 is 4.37. The fraction of sp³-hybridized carbons (Fsp3) is 0.667. The number of ether oxygens (including phenoxy) is 1. The van der Waals surface area contributed by atoms with Crippen LogP contribution >= 0.6 is 0 Å². The molecular formula is C6H11BrMgO4. The van der Waals surface area contributed by atoms with Crippen molar-refractivity contribution in [3.63, 3.8) is 0 Å². The number of hydrogen-bond acceptors (Lipinski definition) is 4. The van der Waals surface area contributed by atoms with E-state index in [4.69, 9.17) is 10.2 Å². The second kappa shape index (κ2) is 11.6. The molecule has 0 aliphatic heterocycles. The number of rotatable bonds is 4. The van der Waals surface area contributed by atoms with Crippen LogP contribution in [0.15, 0.2) is 0 Å². The number of halogens is 1. The maximum absolute atomic E-state index is 10.4. The molecule has 0 saturated heterocycles. The van der Waals surface area contributed by atoms with Crippen molar-refractivity contribution in [2.75, 3.05) is 6.61 Å². The summed E-state index contributed by atoms with van der Waals surface area (Å²) in [4.78, 5) is 10.4. The minimum Gasteiger partial charge on any atom is -1.00 e. The van der Waals surface area contributed by atoms with Crippen LogP contribution in [0.3, 0.4) is 0 Å². The monoisotopic (exact) mass is 250 g/mol. The van der Waals surface area contributed by atoms with E-state index in [0.717, 1.165) is 6.61 Å². The molecule has 0 amide bonds. The molecule has 0 bridgehead atoms. The van der Waals surface area contributed by atoms with E-state index in [0.29, 0.717) is 0 Å². The van der Waals surface area contributed by atoms with Crippen LogP contribution in [0, 0.1) is 6.61 Å². The van der Waals surface area contributed by atoms with Crippen LogP contribution < -0.4 is 17.0 Å². The van der Waals surface area contributed by atoms with E-state index >= 15 is 0 Å². The van der Waals surface area contributed by atoms with Crippen LogP contribution in [-0.2, 0) is 9.53 Å². The largest absolute Gasteiger partial charge is 2.00 e. The first kappa shape index (κ1) is 18.4. The van der Waals surface area contributed by atoms with Gasteiger partial charge in [-0.25, -0.2) is 0 Å². The van der Waals surface area contributed by atoms with Crippen molar-refractivity contribution in [1.82, 2.24) is 0 Å². The van der Waals surface area contributed by atoms with E-state index in [1.54, 1.807) is 6.92 Å².